The fraction of sp³-hybridized carbons (Fsp3) is 0.560. The van der Waals surface area contributed by atoms with E-state index in [-0.39, 0.29) is 24.7 Å². The van der Waals surface area contributed by atoms with Crippen LogP contribution in [0.5, 0.6) is 11.5 Å². The van der Waals surface area contributed by atoms with Gasteiger partial charge in [0.2, 0.25) is 0 Å². The number of likely N-dealkylation sites (N-methyl/N-ethyl adjacent to an activating group) is 1. The van der Waals surface area contributed by atoms with Crippen LogP contribution < -0.4 is 20.1 Å². The number of urea groups is 2. The summed E-state index contributed by atoms with van der Waals surface area (Å²) in [5.41, 5.74) is 1.48. The lowest BCUT2D eigenvalue weighted by molar-refractivity contribution is -0.139. The highest BCUT2D eigenvalue weighted by atomic mass is 16.5. The second-order valence-electron chi connectivity index (χ2n) is 8.74. The van der Waals surface area contributed by atoms with Crippen molar-refractivity contribution in [2.45, 2.75) is 32.9 Å². The van der Waals surface area contributed by atoms with Crippen LogP contribution in [0.3, 0.4) is 0 Å². The quantitative estimate of drug-likeness (QED) is 0.522. The largest absolute Gasteiger partial charge is 0.497 e. The minimum Gasteiger partial charge on any atom is -0.497 e. The summed E-state index contributed by atoms with van der Waals surface area (Å²) >= 11 is 0. The van der Waals surface area contributed by atoms with Gasteiger partial charge in [-0.1, -0.05) is 0 Å². The molecule has 11 nitrogen and oxygen atoms in total. The number of hydrogen-bond acceptors (Lipinski definition) is 7. The highest BCUT2D eigenvalue weighted by molar-refractivity contribution is 5.95. The van der Waals surface area contributed by atoms with Crippen LogP contribution in [0.1, 0.15) is 32.4 Å². The molecule has 11 heteroatoms. The zero-order valence-electron chi connectivity index (χ0n) is 21.9. The van der Waals surface area contributed by atoms with E-state index in [1.54, 1.807) is 39.3 Å². The van der Waals surface area contributed by atoms with Crippen LogP contribution in [-0.4, -0.2) is 99.4 Å². The monoisotopic (exact) mass is 503 g/mol. The van der Waals surface area contributed by atoms with Crippen molar-refractivity contribution in [2.24, 2.45) is 0 Å². The van der Waals surface area contributed by atoms with Gasteiger partial charge in [-0.05, 0) is 39.0 Å². The SMILES string of the molecule is CCNC(=O)N1CCN(CC2=C(C(=O)OCC)[C@H](c3cc(OC)ccc3OC)NC(=O)N2C)C[C@@H]1C. The first kappa shape index (κ1) is 27.1. The Balaban J connectivity index is 2.01. The summed E-state index contributed by atoms with van der Waals surface area (Å²) in [7, 11) is 4.72. The van der Waals surface area contributed by atoms with Crippen LogP contribution in [0, 0.1) is 0 Å². The van der Waals surface area contributed by atoms with Gasteiger partial charge in [-0.2, -0.15) is 0 Å². The molecule has 1 aromatic carbocycles. The van der Waals surface area contributed by atoms with E-state index >= 15 is 0 Å². The smallest absolute Gasteiger partial charge is 0.338 e. The number of carbonyl (C=O) groups is 3. The number of nitrogens with one attached hydrogen (secondary N) is 2. The number of piperazine rings is 1. The van der Waals surface area contributed by atoms with Crippen molar-refractivity contribution in [3.05, 3.63) is 35.0 Å². The van der Waals surface area contributed by atoms with E-state index in [1.165, 1.54) is 12.0 Å². The van der Waals surface area contributed by atoms with E-state index in [2.05, 4.69) is 15.5 Å². The zero-order chi connectivity index (χ0) is 26.4. The van der Waals surface area contributed by atoms with Crippen LogP contribution in [-0.2, 0) is 9.53 Å². The molecular formula is C25H37N5O6. The summed E-state index contributed by atoms with van der Waals surface area (Å²) in [6, 6.07) is 3.99. The van der Waals surface area contributed by atoms with Crippen LogP contribution in [0.4, 0.5) is 9.59 Å². The molecule has 36 heavy (non-hydrogen) atoms. The van der Waals surface area contributed by atoms with Crippen molar-refractivity contribution in [2.75, 3.05) is 60.6 Å². The molecule has 2 aliphatic rings. The average Bonchev–Trinajstić information content (AvgIpc) is 2.86. The van der Waals surface area contributed by atoms with E-state index in [1.807, 2.05) is 18.7 Å². The molecule has 2 atom stereocenters. The van der Waals surface area contributed by atoms with Gasteiger partial charge in [-0.25, -0.2) is 14.4 Å². The first-order valence-corrected chi connectivity index (χ1v) is 12.2. The third kappa shape index (κ3) is 5.67. The number of methoxy groups -OCH3 is 2. The summed E-state index contributed by atoms with van der Waals surface area (Å²) in [5.74, 6) is 0.568. The summed E-state index contributed by atoms with van der Waals surface area (Å²) in [4.78, 5) is 44.1. The lowest BCUT2D eigenvalue weighted by Crippen LogP contribution is -2.57. The number of esters is 1. The molecule has 0 spiro atoms. The van der Waals surface area contributed by atoms with Crippen LogP contribution >= 0.6 is 0 Å². The van der Waals surface area contributed by atoms with Gasteiger partial charge in [0.05, 0.1) is 32.4 Å². The molecule has 0 aromatic heterocycles. The first-order valence-electron chi connectivity index (χ1n) is 12.2. The number of hydrogen-bond donors (Lipinski definition) is 2. The molecule has 1 fully saturated rings. The van der Waals surface area contributed by atoms with Gasteiger partial charge in [0.1, 0.15) is 11.5 Å². The predicted octanol–water partition coefficient (Wildman–Crippen LogP) is 1.95. The number of carbonyl (C=O) groups excluding carboxylic acids is 3. The Morgan fingerprint density at radius 1 is 1.17 bits per heavy atom. The molecule has 4 amide bonds. The molecule has 0 aliphatic carbocycles. The molecule has 0 saturated carbocycles. The third-order valence-corrected chi connectivity index (χ3v) is 6.49. The zero-order valence-corrected chi connectivity index (χ0v) is 21.9. The van der Waals surface area contributed by atoms with E-state index in [0.29, 0.717) is 61.1 Å². The van der Waals surface area contributed by atoms with E-state index in [4.69, 9.17) is 14.2 Å². The van der Waals surface area contributed by atoms with Gasteiger partial charge < -0.3 is 29.7 Å². The molecule has 198 valence electrons. The molecule has 0 unspecified atom stereocenters. The van der Waals surface area contributed by atoms with Crippen molar-refractivity contribution < 1.29 is 28.6 Å². The van der Waals surface area contributed by atoms with Crippen molar-refractivity contribution in [3.63, 3.8) is 0 Å². The molecule has 0 bridgehead atoms. The average molecular weight is 504 g/mol. The Hall–Kier alpha value is -3.47. The van der Waals surface area contributed by atoms with Crippen molar-refractivity contribution in [1.82, 2.24) is 25.3 Å². The molecule has 2 N–H and O–H groups in total. The van der Waals surface area contributed by atoms with E-state index < -0.39 is 12.0 Å². The Kier molecular flexibility index (Phi) is 9.03. The molecule has 3 rings (SSSR count). The predicted molar refractivity (Wildman–Crippen MR) is 134 cm³/mol. The van der Waals surface area contributed by atoms with Crippen molar-refractivity contribution in [1.29, 1.82) is 0 Å². The minimum atomic E-state index is -0.790. The van der Waals surface area contributed by atoms with E-state index in [0.717, 1.165) is 0 Å². The van der Waals surface area contributed by atoms with Crippen LogP contribution in [0.25, 0.3) is 0 Å². The van der Waals surface area contributed by atoms with Crippen LogP contribution in [0.15, 0.2) is 29.5 Å². The molecule has 2 heterocycles. The number of ether oxygens (including phenoxy) is 3. The molecule has 1 saturated heterocycles. The maximum atomic E-state index is 13.3. The Bertz CT molecular complexity index is 1010. The summed E-state index contributed by atoms with van der Waals surface area (Å²) in [5, 5.41) is 5.77. The summed E-state index contributed by atoms with van der Waals surface area (Å²) < 4.78 is 16.4. The second kappa shape index (κ2) is 12.0. The van der Waals surface area contributed by atoms with Gasteiger partial charge in [0.15, 0.2) is 0 Å². The third-order valence-electron chi connectivity index (χ3n) is 6.49. The highest BCUT2D eigenvalue weighted by Gasteiger charge is 2.39. The van der Waals surface area contributed by atoms with Crippen LogP contribution in [0.2, 0.25) is 0 Å². The van der Waals surface area contributed by atoms with Crippen molar-refractivity contribution >= 4 is 18.0 Å². The number of rotatable bonds is 8. The lowest BCUT2D eigenvalue weighted by atomic mass is 9.93. The summed E-state index contributed by atoms with van der Waals surface area (Å²) in [6.45, 7) is 8.46. The normalized spacial score (nSPS) is 20.7. The van der Waals surface area contributed by atoms with Gasteiger partial charge in [0, 0.05) is 57.1 Å². The topological polar surface area (TPSA) is 113 Å². The molecular weight excluding hydrogens is 466 g/mol. The molecule has 1 aromatic rings. The highest BCUT2D eigenvalue weighted by Crippen LogP contribution is 2.38. The van der Waals surface area contributed by atoms with Gasteiger partial charge in [-0.3, -0.25) is 9.80 Å². The molecule has 2 aliphatic heterocycles. The fourth-order valence-corrected chi connectivity index (χ4v) is 4.64. The van der Waals surface area contributed by atoms with Gasteiger partial charge >= 0.3 is 18.0 Å². The Morgan fingerprint density at radius 2 is 1.92 bits per heavy atom. The lowest BCUT2D eigenvalue weighted by Gasteiger charge is -2.42. The molecule has 0 radical (unpaired) electrons. The number of benzene rings is 1. The first-order chi connectivity index (χ1) is 17.2. The maximum absolute atomic E-state index is 13.3. The minimum absolute atomic E-state index is 0.0334. The summed E-state index contributed by atoms with van der Waals surface area (Å²) in [6.07, 6.45) is 0. The fourth-order valence-electron chi connectivity index (χ4n) is 4.64. The number of nitrogens with zero attached hydrogens (tertiary/aromatic N) is 3. The van der Waals surface area contributed by atoms with E-state index in [9.17, 15) is 14.4 Å². The second-order valence-corrected chi connectivity index (χ2v) is 8.74. The van der Waals surface area contributed by atoms with Gasteiger partial charge in [-0.15, -0.1) is 0 Å². The maximum Gasteiger partial charge on any atom is 0.338 e. The van der Waals surface area contributed by atoms with Crippen molar-refractivity contribution in [3.8, 4) is 11.5 Å². The van der Waals surface area contributed by atoms with Gasteiger partial charge in [0.25, 0.3) is 0 Å². The Labute approximate surface area is 212 Å². The number of amides is 4. The standard InChI is InChI=1S/C25H37N5O6/c1-7-26-24(32)30-12-11-29(14-16(30)3)15-19-21(23(31)36-8-2)22(27-25(33)28(19)4)18-13-17(34-5)9-10-20(18)35-6/h9-10,13,16,22H,7-8,11-12,14-15H2,1-6H3,(H,26,32)(H,27,33)/t16-,22-/m0/s1. The Morgan fingerprint density at radius 3 is 2.53 bits per heavy atom.